The summed E-state index contributed by atoms with van der Waals surface area (Å²) in [6.07, 6.45) is 5.36. The Hall–Kier alpha value is -0.970. The molecular formula is C17H29N3O. The molecule has 0 bridgehead atoms. The third kappa shape index (κ3) is 5.38. The predicted octanol–water partition coefficient (Wildman–Crippen LogP) is 2.31. The lowest BCUT2D eigenvalue weighted by molar-refractivity contribution is -0.00168. The molecule has 1 aromatic rings. The van der Waals surface area contributed by atoms with Crippen LogP contribution in [0, 0.1) is 5.41 Å². The van der Waals surface area contributed by atoms with E-state index in [-0.39, 0.29) is 0 Å². The van der Waals surface area contributed by atoms with E-state index >= 15 is 0 Å². The van der Waals surface area contributed by atoms with Gasteiger partial charge in [-0.25, -0.2) is 0 Å². The molecule has 4 nitrogen and oxygen atoms in total. The van der Waals surface area contributed by atoms with E-state index < -0.39 is 0 Å². The second kappa shape index (κ2) is 8.47. The molecule has 118 valence electrons. The van der Waals surface area contributed by atoms with Crippen molar-refractivity contribution in [3.05, 3.63) is 30.1 Å². The van der Waals surface area contributed by atoms with Crippen LogP contribution in [-0.4, -0.2) is 49.8 Å². The molecule has 2 rings (SSSR count). The standard InChI is InChI=1S/C17H29N3O/c1-3-9-18-14-17(7-11-21-12-8-17)15-20(2)13-16-6-4-5-10-19-16/h4-6,10,18H,3,7-9,11-15H2,1-2H3. The molecule has 1 fully saturated rings. The van der Waals surface area contributed by atoms with Crippen LogP contribution in [0.1, 0.15) is 31.9 Å². The zero-order chi connectivity index (χ0) is 15.0. The molecule has 0 unspecified atom stereocenters. The zero-order valence-corrected chi connectivity index (χ0v) is 13.5. The summed E-state index contributed by atoms with van der Waals surface area (Å²) in [6, 6.07) is 6.13. The van der Waals surface area contributed by atoms with Crippen LogP contribution < -0.4 is 5.32 Å². The van der Waals surface area contributed by atoms with Crippen LogP contribution in [0.2, 0.25) is 0 Å². The van der Waals surface area contributed by atoms with Crippen molar-refractivity contribution in [1.82, 2.24) is 15.2 Å². The molecule has 0 amide bonds. The number of nitrogens with one attached hydrogen (secondary N) is 1. The maximum Gasteiger partial charge on any atom is 0.0543 e. The lowest BCUT2D eigenvalue weighted by Crippen LogP contribution is -2.46. The number of aromatic nitrogens is 1. The van der Waals surface area contributed by atoms with Crippen LogP contribution >= 0.6 is 0 Å². The average Bonchev–Trinajstić information content (AvgIpc) is 2.49. The molecule has 21 heavy (non-hydrogen) atoms. The van der Waals surface area contributed by atoms with Crippen molar-refractivity contribution in [3.63, 3.8) is 0 Å². The highest BCUT2D eigenvalue weighted by atomic mass is 16.5. The monoisotopic (exact) mass is 291 g/mol. The van der Waals surface area contributed by atoms with Gasteiger partial charge in [0.1, 0.15) is 0 Å². The van der Waals surface area contributed by atoms with Gasteiger partial charge in [-0.2, -0.15) is 0 Å². The molecule has 0 spiro atoms. The first-order valence-corrected chi connectivity index (χ1v) is 8.11. The highest BCUT2D eigenvalue weighted by Gasteiger charge is 2.33. The van der Waals surface area contributed by atoms with E-state index in [1.807, 2.05) is 12.3 Å². The Kier molecular flexibility index (Phi) is 6.61. The summed E-state index contributed by atoms with van der Waals surface area (Å²) in [4.78, 5) is 6.83. The summed E-state index contributed by atoms with van der Waals surface area (Å²) in [5.41, 5.74) is 1.49. The molecule has 0 radical (unpaired) electrons. The molecular weight excluding hydrogens is 262 g/mol. The minimum absolute atomic E-state index is 0.344. The first kappa shape index (κ1) is 16.4. The van der Waals surface area contributed by atoms with Gasteiger partial charge in [0, 0.05) is 39.0 Å². The van der Waals surface area contributed by atoms with Crippen LogP contribution in [0.25, 0.3) is 0 Å². The van der Waals surface area contributed by atoms with Gasteiger partial charge in [0.05, 0.1) is 5.69 Å². The van der Waals surface area contributed by atoms with Gasteiger partial charge in [0.2, 0.25) is 0 Å². The smallest absolute Gasteiger partial charge is 0.0543 e. The largest absolute Gasteiger partial charge is 0.381 e. The zero-order valence-electron chi connectivity index (χ0n) is 13.5. The van der Waals surface area contributed by atoms with E-state index in [0.717, 1.165) is 57.9 Å². The third-order valence-corrected chi connectivity index (χ3v) is 4.24. The number of rotatable bonds is 8. The fourth-order valence-corrected chi connectivity index (χ4v) is 3.12. The molecule has 0 atom stereocenters. The van der Waals surface area contributed by atoms with E-state index in [9.17, 15) is 0 Å². The topological polar surface area (TPSA) is 37.4 Å². The Morgan fingerprint density at radius 2 is 2.14 bits per heavy atom. The number of hydrogen-bond donors (Lipinski definition) is 1. The summed E-state index contributed by atoms with van der Waals surface area (Å²) in [7, 11) is 2.20. The SMILES string of the molecule is CCCNCC1(CN(C)Cc2ccccn2)CCOCC1. The van der Waals surface area contributed by atoms with Crippen molar-refractivity contribution in [2.75, 3.05) is 39.9 Å². The first-order chi connectivity index (χ1) is 10.2. The van der Waals surface area contributed by atoms with Crippen LogP contribution in [0.5, 0.6) is 0 Å². The van der Waals surface area contributed by atoms with Gasteiger partial charge in [-0.05, 0) is 50.4 Å². The van der Waals surface area contributed by atoms with Crippen molar-refractivity contribution in [2.24, 2.45) is 5.41 Å². The van der Waals surface area contributed by atoms with E-state index in [0.29, 0.717) is 5.41 Å². The van der Waals surface area contributed by atoms with Crippen molar-refractivity contribution in [2.45, 2.75) is 32.7 Å². The number of pyridine rings is 1. The summed E-state index contributed by atoms with van der Waals surface area (Å²) >= 11 is 0. The van der Waals surface area contributed by atoms with E-state index in [4.69, 9.17) is 4.74 Å². The van der Waals surface area contributed by atoms with Crippen molar-refractivity contribution in [3.8, 4) is 0 Å². The van der Waals surface area contributed by atoms with Gasteiger partial charge in [0.25, 0.3) is 0 Å². The average molecular weight is 291 g/mol. The number of hydrogen-bond acceptors (Lipinski definition) is 4. The lowest BCUT2D eigenvalue weighted by atomic mass is 9.79. The van der Waals surface area contributed by atoms with Gasteiger partial charge in [-0.15, -0.1) is 0 Å². The Labute approximate surface area is 128 Å². The fourth-order valence-electron chi connectivity index (χ4n) is 3.12. The van der Waals surface area contributed by atoms with Crippen LogP contribution in [-0.2, 0) is 11.3 Å². The molecule has 0 aliphatic carbocycles. The molecule has 2 heterocycles. The second-order valence-corrected chi connectivity index (χ2v) is 6.28. The van der Waals surface area contributed by atoms with Gasteiger partial charge >= 0.3 is 0 Å². The summed E-state index contributed by atoms with van der Waals surface area (Å²) in [5.74, 6) is 0. The van der Waals surface area contributed by atoms with Gasteiger partial charge in [-0.1, -0.05) is 13.0 Å². The van der Waals surface area contributed by atoms with Gasteiger partial charge in [-0.3, -0.25) is 9.88 Å². The Morgan fingerprint density at radius 3 is 2.81 bits per heavy atom. The Morgan fingerprint density at radius 1 is 1.33 bits per heavy atom. The lowest BCUT2D eigenvalue weighted by Gasteiger charge is -2.40. The molecule has 1 aliphatic heterocycles. The van der Waals surface area contributed by atoms with E-state index in [1.54, 1.807) is 0 Å². The third-order valence-electron chi connectivity index (χ3n) is 4.24. The Bertz CT molecular complexity index is 390. The second-order valence-electron chi connectivity index (χ2n) is 6.28. The molecule has 0 aromatic carbocycles. The number of ether oxygens (including phenoxy) is 1. The highest BCUT2D eigenvalue weighted by molar-refractivity contribution is 5.03. The molecule has 1 N–H and O–H groups in total. The van der Waals surface area contributed by atoms with Crippen molar-refractivity contribution < 1.29 is 4.74 Å². The highest BCUT2D eigenvalue weighted by Crippen LogP contribution is 2.31. The van der Waals surface area contributed by atoms with Crippen LogP contribution in [0.15, 0.2) is 24.4 Å². The molecule has 1 aliphatic rings. The number of nitrogens with zero attached hydrogens (tertiary/aromatic N) is 2. The molecule has 1 aromatic heterocycles. The van der Waals surface area contributed by atoms with Crippen molar-refractivity contribution >= 4 is 0 Å². The van der Waals surface area contributed by atoms with Gasteiger partial charge < -0.3 is 10.1 Å². The maximum atomic E-state index is 5.57. The fraction of sp³-hybridized carbons (Fsp3) is 0.706. The Balaban J connectivity index is 1.90. The normalized spacial score (nSPS) is 18.0. The van der Waals surface area contributed by atoms with E-state index in [1.165, 1.54) is 6.42 Å². The summed E-state index contributed by atoms with van der Waals surface area (Å²) < 4.78 is 5.57. The molecule has 4 heteroatoms. The van der Waals surface area contributed by atoms with Gasteiger partial charge in [0.15, 0.2) is 0 Å². The van der Waals surface area contributed by atoms with Crippen LogP contribution in [0.4, 0.5) is 0 Å². The minimum atomic E-state index is 0.344. The molecule has 1 saturated heterocycles. The predicted molar refractivity (Wildman–Crippen MR) is 86.2 cm³/mol. The van der Waals surface area contributed by atoms with Crippen LogP contribution in [0.3, 0.4) is 0 Å². The summed E-state index contributed by atoms with van der Waals surface area (Å²) in [5, 5.41) is 3.62. The minimum Gasteiger partial charge on any atom is -0.381 e. The quantitative estimate of drug-likeness (QED) is 0.746. The maximum absolute atomic E-state index is 5.57. The first-order valence-electron chi connectivity index (χ1n) is 8.11. The van der Waals surface area contributed by atoms with E-state index in [2.05, 4.69) is 41.3 Å². The summed E-state index contributed by atoms with van der Waals surface area (Å²) in [6.45, 7) is 8.22. The molecule has 0 saturated carbocycles. The van der Waals surface area contributed by atoms with Crippen molar-refractivity contribution in [1.29, 1.82) is 0 Å².